The molecule has 0 saturated heterocycles. The van der Waals surface area contributed by atoms with Crippen LogP contribution in [0.5, 0.6) is 11.5 Å². The first-order valence-electron chi connectivity index (χ1n) is 8.65. The summed E-state index contributed by atoms with van der Waals surface area (Å²) in [7, 11) is 2.85. The molecule has 0 aliphatic heterocycles. The van der Waals surface area contributed by atoms with E-state index in [1.165, 1.54) is 39.0 Å². The molecule has 0 aromatic heterocycles. The highest BCUT2D eigenvalue weighted by Crippen LogP contribution is 2.66. The Morgan fingerprint density at radius 2 is 2.04 bits per heavy atom. The second kappa shape index (κ2) is 6.93. The van der Waals surface area contributed by atoms with Crippen LogP contribution >= 0.6 is 0 Å². The molecule has 0 spiro atoms. The zero-order valence-corrected chi connectivity index (χ0v) is 15.2. The number of nitrogens with one attached hydrogen (secondary N) is 1. The summed E-state index contributed by atoms with van der Waals surface area (Å²) >= 11 is 0. The minimum Gasteiger partial charge on any atom is -0.493 e. The summed E-state index contributed by atoms with van der Waals surface area (Å²) in [4.78, 5) is 23.2. The second-order valence-corrected chi connectivity index (χ2v) is 7.09. The largest absolute Gasteiger partial charge is 0.493 e. The predicted molar refractivity (Wildman–Crippen MR) is 95.5 cm³/mol. The summed E-state index contributed by atoms with van der Waals surface area (Å²) in [6, 6.07) is 2.74. The summed E-state index contributed by atoms with van der Waals surface area (Å²) in [5.74, 6) is 0.921. The fraction of sp³-hybridized carbons (Fsp3) is 0.556. The maximum Gasteiger partial charge on any atom is 0.282 e. The Labute approximate surface area is 151 Å². The Morgan fingerprint density at radius 3 is 2.62 bits per heavy atom. The lowest BCUT2D eigenvalue weighted by molar-refractivity contribution is -0.385. The molecule has 0 bridgehead atoms. The topological polar surface area (TPSA) is 103 Å². The van der Waals surface area contributed by atoms with E-state index in [0.29, 0.717) is 11.7 Å². The van der Waals surface area contributed by atoms with E-state index in [0.717, 1.165) is 19.3 Å². The van der Waals surface area contributed by atoms with Crippen LogP contribution in [0.3, 0.4) is 0 Å². The highest BCUT2D eigenvalue weighted by Gasteiger charge is 2.64. The Balaban J connectivity index is 1.74. The van der Waals surface area contributed by atoms with E-state index in [2.05, 4.69) is 17.5 Å². The van der Waals surface area contributed by atoms with Crippen molar-refractivity contribution in [2.75, 3.05) is 14.2 Å². The van der Waals surface area contributed by atoms with Crippen molar-refractivity contribution in [3.63, 3.8) is 0 Å². The van der Waals surface area contributed by atoms with E-state index in [1.807, 2.05) is 0 Å². The first-order valence-corrected chi connectivity index (χ1v) is 8.65. The zero-order valence-electron chi connectivity index (χ0n) is 15.2. The molecule has 1 N–H and O–H groups in total. The van der Waals surface area contributed by atoms with E-state index in [-0.39, 0.29) is 34.2 Å². The quantitative estimate of drug-likeness (QED) is 0.477. The Morgan fingerprint density at radius 1 is 1.35 bits per heavy atom. The number of nitro benzene ring substituents is 1. The molecular formula is C18H23N3O5. The van der Waals surface area contributed by atoms with Crippen molar-refractivity contribution >= 4 is 17.8 Å². The smallest absolute Gasteiger partial charge is 0.282 e. The number of nitro groups is 1. The number of hydrogen-bond acceptors (Lipinski definition) is 6. The molecule has 3 rings (SSSR count). The van der Waals surface area contributed by atoms with Gasteiger partial charge in [0.2, 0.25) is 5.91 Å². The van der Waals surface area contributed by atoms with Crippen molar-refractivity contribution < 1.29 is 19.2 Å². The lowest BCUT2D eigenvalue weighted by atomic mass is 9.90. The lowest BCUT2D eigenvalue weighted by Crippen LogP contribution is -2.22. The lowest BCUT2D eigenvalue weighted by Gasteiger charge is -2.15. The van der Waals surface area contributed by atoms with E-state index in [1.54, 1.807) is 0 Å². The molecule has 0 radical (unpaired) electrons. The minimum atomic E-state index is -0.526. The van der Waals surface area contributed by atoms with Crippen LogP contribution in [0.1, 0.15) is 38.2 Å². The van der Waals surface area contributed by atoms with Crippen molar-refractivity contribution in [2.45, 2.75) is 32.6 Å². The van der Waals surface area contributed by atoms with Gasteiger partial charge >= 0.3 is 0 Å². The van der Waals surface area contributed by atoms with E-state index in [9.17, 15) is 14.9 Å². The number of benzene rings is 1. The number of methoxy groups -OCH3 is 2. The fourth-order valence-corrected chi connectivity index (χ4v) is 4.23. The number of nitrogens with zero attached hydrogens (tertiary/aromatic N) is 2. The molecule has 140 valence electrons. The maximum atomic E-state index is 12.4. The number of hydrogen-bond donors (Lipinski definition) is 1. The summed E-state index contributed by atoms with van der Waals surface area (Å²) in [5.41, 5.74) is 2.69. The van der Waals surface area contributed by atoms with Gasteiger partial charge in [-0.15, -0.1) is 0 Å². The van der Waals surface area contributed by atoms with Gasteiger partial charge < -0.3 is 9.47 Å². The number of fused-ring (bicyclic) bond motifs is 1. The molecule has 1 aromatic rings. The van der Waals surface area contributed by atoms with Crippen LogP contribution < -0.4 is 14.9 Å². The molecule has 2 aliphatic carbocycles. The Bertz CT molecular complexity index is 763. The van der Waals surface area contributed by atoms with E-state index >= 15 is 0 Å². The third-order valence-corrected chi connectivity index (χ3v) is 5.72. The van der Waals surface area contributed by atoms with Crippen molar-refractivity contribution in [3.05, 3.63) is 27.8 Å². The van der Waals surface area contributed by atoms with Crippen molar-refractivity contribution in [3.8, 4) is 11.5 Å². The third kappa shape index (κ3) is 3.11. The molecule has 0 heterocycles. The van der Waals surface area contributed by atoms with Crippen LogP contribution in [0.4, 0.5) is 5.69 Å². The molecule has 1 aromatic carbocycles. The number of carbonyl (C=O) groups is 1. The molecule has 8 heteroatoms. The zero-order chi connectivity index (χ0) is 18.9. The molecule has 8 nitrogen and oxygen atoms in total. The van der Waals surface area contributed by atoms with Gasteiger partial charge in [-0.05, 0) is 30.2 Å². The summed E-state index contributed by atoms with van der Waals surface area (Å²) in [6.45, 7) is 2.16. The van der Waals surface area contributed by atoms with Crippen molar-refractivity contribution in [1.29, 1.82) is 0 Å². The highest BCUT2D eigenvalue weighted by molar-refractivity contribution is 5.89. The standard InChI is InChI=1S/C18H23N3O5/c1-18-7-5-4-6-12(18)16(18)17(22)20-19-10-11-8-14(25-2)15(26-3)9-13(11)21(23)24/h8-10,12,16H,4-7H2,1-3H3,(H,20,22)/b19-10-/t12-,16+,18+/m1/s1. The number of hydrazone groups is 1. The fourth-order valence-electron chi connectivity index (χ4n) is 4.23. The Hall–Kier alpha value is -2.64. The summed E-state index contributed by atoms with van der Waals surface area (Å²) in [5, 5.41) is 15.2. The van der Waals surface area contributed by atoms with E-state index < -0.39 is 4.92 Å². The monoisotopic (exact) mass is 361 g/mol. The molecule has 26 heavy (non-hydrogen) atoms. The maximum absolute atomic E-state index is 12.4. The molecule has 2 fully saturated rings. The summed E-state index contributed by atoms with van der Waals surface area (Å²) < 4.78 is 10.3. The van der Waals surface area contributed by atoms with Gasteiger partial charge in [-0.25, -0.2) is 5.43 Å². The van der Waals surface area contributed by atoms with Gasteiger partial charge in [0, 0.05) is 5.92 Å². The molecular weight excluding hydrogens is 338 g/mol. The first kappa shape index (κ1) is 18.2. The average Bonchev–Trinajstić information content (AvgIpc) is 3.26. The van der Waals surface area contributed by atoms with Crippen LogP contribution in [0, 0.1) is 27.4 Å². The predicted octanol–water partition coefficient (Wildman–Crippen LogP) is 2.89. The number of ether oxygens (including phenoxy) is 2. The molecule has 2 aliphatic rings. The molecule has 0 unspecified atom stereocenters. The molecule has 3 atom stereocenters. The van der Waals surface area contributed by atoms with Crippen LogP contribution in [0.15, 0.2) is 17.2 Å². The Kier molecular flexibility index (Phi) is 4.84. The van der Waals surface area contributed by atoms with Crippen LogP contribution in [-0.2, 0) is 4.79 Å². The molecule has 2 saturated carbocycles. The van der Waals surface area contributed by atoms with Gasteiger partial charge in [0.1, 0.15) is 0 Å². The van der Waals surface area contributed by atoms with Gasteiger partial charge in [-0.2, -0.15) is 5.10 Å². The van der Waals surface area contributed by atoms with Gasteiger partial charge in [0.05, 0.1) is 37.0 Å². The average molecular weight is 361 g/mol. The number of amides is 1. The highest BCUT2D eigenvalue weighted by atomic mass is 16.6. The number of rotatable bonds is 6. The van der Waals surface area contributed by atoms with Crippen LogP contribution in [0.25, 0.3) is 0 Å². The van der Waals surface area contributed by atoms with E-state index in [4.69, 9.17) is 9.47 Å². The van der Waals surface area contributed by atoms with Gasteiger partial charge in [0.25, 0.3) is 5.69 Å². The van der Waals surface area contributed by atoms with Crippen LogP contribution in [-0.4, -0.2) is 31.3 Å². The second-order valence-electron chi connectivity index (χ2n) is 7.09. The van der Waals surface area contributed by atoms with Gasteiger partial charge in [0.15, 0.2) is 11.5 Å². The first-order chi connectivity index (χ1) is 12.4. The third-order valence-electron chi connectivity index (χ3n) is 5.72. The van der Waals surface area contributed by atoms with Gasteiger partial charge in [-0.1, -0.05) is 19.8 Å². The normalized spacial score (nSPS) is 26.9. The van der Waals surface area contributed by atoms with Gasteiger partial charge in [-0.3, -0.25) is 14.9 Å². The van der Waals surface area contributed by atoms with Crippen LogP contribution in [0.2, 0.25) is 0 Å². The molecule has 1 amide bonds. The SMILES string of the molecule is COc1cc(/C=N\NC(=O)[C@@H]2[C@H]3CCCC[C@@]32C)c([N+](=O)[O-])cc1OC. The minimum absolute atomic E-state index is 0.0115. The van der Waals surface area contributed by atoms with Crippen molar-refractivity contribution in [1.82, 2.24) is 5.43 Å². The summed E-state index contributed by atoms with van der Waals surface area (Å²) in [6.07, 6.45) is 5.76. The number of carbonyl (C=O) groups excluding carboxylic acids is 1. The van der Waals surface area contributed by atoms with Crippen molar-refractivity contribution in [2.24, 2.45) is 22.4 Å².